The third-order valence-corrected chi connectivity index (χ3v) is 6.09. The summed E-state index contributed by atoms with van der Waals surface area (Å²) in [6.45, 7) is 5.80. The number of carbonyl (C=O) groups is 1. The number of aromatic nitrogens is 1. The van der Waals surface area contributed by atoms with E-state index in [9.17, 15) is 15.3 Å². The summed E-state index contributed by atoms with van der Waals surface area (Å²) in [6.07, 6.45) is 1.96. The van der Waals surface area contributed by atoms with Crippen LogP contribution >= 0.6 is 11.8 Å². The molecule has 1 aromatic carbocycles. The molecule has 0 saturated carbocycles. The second-order valence-corrected chi connectivity index (χ2v) is 8.14. The largest absolute Gasteiger partial charge is 0.464 e. The molecule has 0 fully saturated rings. The maximum atomic E-state index is 13.0. The van der Waals surface area contributed by atoms with Gasteiger partial charge in [0.15, 0.2) is 0 Å². The minimum absolute atomic E-state index is 0.0139. The molecule has 7 nitrogen and oxygen atoms in total. The Bertz CT molecular complexity index is 1210. The second-order valence-electron chi connectivity index (χ2n) is 6.95. The summed E-state index contributed by atoms with van der Waals surface area (Å²) in [5.74, 6) is 0.129. The summed E-state index contributed by atoms with van der Waals surface area (Å²) < 4.78 is 5.42. The lowest BCUT2D eigenvalue weighted by molar-refractivity contribution is -0.115. The number of nitrogens with one attached hydrogen (secondary N) is 1. The Balaban J connectivity index is 1.97. The van der Waals surface area contributed by atoms with E-state index in [4.69, 9.17) is 10.2 Å². The van der Waals surface area contributed by atoms with E-state index < -0.39 is 5.25 Å². The number of aryl methyl sites for hydroxylation is 2. The molecule has 3 rings (SSSR count). The maximum absolute atomic E-state index is 13.0. The zero-order valence-electron chi connectivity index (χ0n) is 17.4. The highest BCUT2D eigenvalue weighted by Crippen LogP contribution is 2.37. The summed E-state index contributed by atoms with van der Waals surface area (Å²) in [4.78, 5) is 17.2. The molecule has 3 aromatic rings. The van der Waals surface area contributed by atoms with Gasteiger partial charge in [-0.15, -0.1) is 0 Å². The molecule has 2 heterocycles. The fourth-order valence-electron chi connectivity index (χ4n) is 3.17. The van der Waals surface area contributed by atoms with Gasteiger partial charge in [0, 0.05) is 5.69 Å². The van der Waals surface area contributed by atoms with E-state index in [-0.39, 0.29) is 33.4 Å². The van der Waals surface area contributed by atoms with Gasteiger partial charge in [0.1, 0.15) is 34.3 Å². The topological polar surface area (TPSA) is 129 Å². The van der Waals surface area contributed by atoms with Crippen LogP contribution in [0.25, 0.3) is 11.3 Å². The summed E-state index contributed by atoms with van der Waals surface area (Å²) in [5.41, 5.74) is 9.34. The lowest BCUT2D eigenvalue weighted by atomic mass is 10.0. The molecular weight excluding hydrogens is 410 g/mol. The molecular formula is C23H21N5O2S. The number of thioether (sulfide) groups is 1. The highest BCUT2D eigenvalue weighted by Gasteiger charge is 2.26. The number of anilines is 2. The minimum atomic E-state index is -0.517. The molecule has 31 heavy (non-hydrogen) atoms. The molecule has 3 N–H and O–H groups in total. The number of pyridine rings is 1. The van der Waals surface area contributed by atoms with Crippen LogP contribution in [0.4, 0.5) is 11.5 Å². The van der Waals surface area contributed by atoms with Crippen LogP contribution < -0.4 is 11.1 Å². The highest BCUT2D eigenvalue weighted by atomic mass is 32.2. The van der Waals surface area contributed by atoms with Crippen LogP contribution in [0.1, 0.15) is 35.6 Å². The van der Waals surface area contributed by atoms with Gasteiger partial charge in [-0.3, -0.25) is 4.79 Å². The molecule has 0 spiro atoms. The molecule has 156 valence electrons. The van der Waals surface area contributed by atoms with Gasteiger partial charge in [-0.05, 0) is 44.0 Å². The Labute approximate surface area is 184 Å². The van der Waals surface area contributed by atoms with Gasteiger partial charge >= 0.3 is 0 Å². The number of rotatable bonds is 6. The van der Waals surface area contributed by atoms with E-state index in [1.165, 1.54) is 6.26 Å². The van der Waals surface area contributed by atoms with Crippen molar-refractivity contribution in [3.63, 3.8) is 0 Å². The van der Waals surface area contributed by atoms with Crippen molar-refractivity contribution in [1.82, 2.24) is 4.98 Å². The molecule has 1 unspecified atom stereocenters. The Hall–Kier alpha value is -3.75. The first-order valence-electron chi connectivity index (χ1n) is 9.61. The molecule has 0 aliphatic heterocycles. The Kier molecular flexibility index (Phi) is 6.64. The molecule has 2 aromatic heterocycles. The summed E-state index contributed by atoms with van der Waals surface area (Å²) in [7, 11) is 0. The van der Waals surface area contributed by atoms with Gasteiger partial charge in [-0.1, -0.05) is 36.4 Å². The van der Waals surface area contributed by atoms with Crippen LogP contribution in [-0.2, 0) is 4.79 Å². The maximum Gasteiger partial charge on any atom is 0.237 e. The normalized spacial score (nSPS) is 11.4. The first-order chi connectivity index (χ1) is 14.9. The molecule has 0 bridgehead atoms. The van der Waals surface area contributed by atoms with E-state index in [1.807, 2.05) is 45.0 Å². The number of nitriles is 2. The molecule has 0 saturated heterocycles. The van der Waals surface area contributed by atoms with Crippen molar-refractivity contribution >= 4 is 29.2 Å². The lowest BCUT2D eigenvalue weighted by Crippen LogP contribution is -2.25. The van der Waals surface area contributed by atoms with E-state index >= 15 is 0 Å². The predicted molar refractivity (Wildman–Crippen MR) is 120 cm³/mol. The Morgan fingerprint density at radius 2 is 2.00 bits per heavy atom. The Morgan fingerprint density at radius 3 is 2.58 bits per heavy atom. The third kappa shape index (κ3) is 4.55. The molecule has 0 radical (unpaired) electrons. The van der Waals surface area contributed by atoms with E-state index in [2.05, 4.69) is 16.4 Å². The van der Waals surface area contributed by atoms with Crippen LogP contribution in [0.15, 0.2) is 46.0 Å². The minimum Gasteiger partial charge on any atom is -0.464 e. The number of amides is 1. The van der Waals surface area contributed by atoms with Gasteiger partial charge in [0.05, 0.1) is 22.6 Å². The number of hydrogen-bond donors (Lipinski definition) is 2. The van der Waals surface area contributed by atoms with Crippen molar-refractivity contribution < 1.29 is 9.21 Å². The van der Waals surface area contributed by atoms with Crippen LogP contribution in [0, 0.1) is 36.5 Å². The SMILES string of the molecule is CCC(Sc1nc(N)c(C#N)c(-c2ccco2)c1C#N)C(=O)Nc1ccc(C)cc1C. The molecule has 1 atom stereocenters. The first-order valence-corrected chi connectivity index (χ1v) is 10.5. The zero-order valence-corrected chi connectivity index (χ0v) is 18.2. The average Bonchev–Trinajstić information content (AvgIpc) is 3.27. The van der Waals surface area contributed by atoms with Crippen LogP contribution in [0.5, 0.6) is 0 Å². The van der Waals surface area contributed by atoms with Crippen molar-refractivity contribution in [1.29, 1.82) is 10.5 Å². The highest BCUT2D eigenvalue weighted by molar-refractivity contribution is 8.00. The number of hydrogen-bond acceptors (Lipinski definition) is 7. The summed E-state index contributed by atoms with van der Waals surface area (Å²) in [5, 5.41) is 22.1. The van der Waals surface area contributed by atoms with Gasteiger partial charge in [0.2, 0.25) is 5.91 Å². The van der Waals surface area contributed by atoms with Gasteiger partial charge in [-0.2, -0.15) is 10.5 Å². The zero-order chi connectivity index (χ0) is 22.5. The predicted octanol–water partition coefficient (Wildman–Crippen LogP) is 4.79. The number of nitrogen functional groups attached to an aromatic ring is 1. The van der Waals surface area contributed by atoms with Gasteiger partial charge < -0.3 is 15.5 Å². The average molecular weight is 432 g/mol. The number of nitrogens with zero attached hydrogens (tertiary/aromatic N) is 3. The molecule has 8 heteroatoms. The molecule has 0 aliphatic rings. The quantitative estimate of drug-likeness (QED) is 0.537. The second kappa shape index (κ2) is 9.38. The van der Waals surface area contributed by atoms with Gasteiger partial charge in [0.25, 0.3) is 0 Å². The van der Waals surface area contributed by atoms with Crippen molar-refractivity contribution in [3.05, 3.63) is 58.8 Å². The lowest BCUT2D eigenvalue weighted by Gasteiger charge is -2.17. The number of nitrogens with two attached hydrogens (primary N) is 1. The van der Waals surface area contributed by atoms with Gasteiger partial charge in [-0.25, -0.2) is 4.98 Å². The van der Waals surface area contributed by atoms with Crippen LogP contribution in [0.3, 0.4) is 0 Å². The number of furan rings is 1. The fourth-order valence-corrected chi connectivity index (χ4v) is 4.19. The van der Waals surface area contributed by atoms with Crippen molar-refractivity contribution in [2.24, 2.45) is 0 Å². The molecule has 0 aliphatic carbocycles. The molecule has 1 amide bonds. The van der Waals surface area contributed by atoms with E-state index in [1.54, 1.807) is 12.1 Å². The smallest absolute Gasteiger partial charge is 0.237 e. The number of carbonyl (C=O) groups excluding carboxylic acids is 1. The van der Waals surface area contributed by atoms with Crippen molar-refractivity contribution in [2.45, 2.75) is 37.5 Å². The van der Waals surface area contributed by atoms with Crippen LogP contribution in [-0.4, -0.2) is 16.1 Å². The standard InChI is InChI=1S/C23H21N5O2S/c1-4-19(22(29)27-17-8-7-13(2)10-14(17)3)31-23-16(12-25)20(18-6-5-9-30-18)15(11-24)21(26)28-23/h5-10,19H,4H2,1-3H3,(H2,26,28)(H,27,29). The van der Waals surface area contributed by atoms with E-state index in [0.29, 0.717) is 12.2 Å². The summed E-state index contributed by atoms with van der Waals surface area (Å²) in [6, 6.07) is 13.2. The van der Waals surface area contributed by atoms with Crippen LogP contribution in [0.2, 0.25) is 0 Å². The monoisotopic (exact) mass is 431 g/mol. The van der Waals surface area contributed by atoms with Crippen molar-refractivity contribution in [3.8, 4) is 23.5 Å². The third-order valence-electron chi connectivity index (χ3n) is 4.74. The Morgan fingerprint density at radius 1 is 1.26 bits per heavy atom. The first kappa shape index (κ1) is 21.9. The van der Waals surface area contributed by atoms with E-state index in [0.717, 1.165) is 28.6 Å². The summed E-state index contributed by atoms with van der Waals surface area (Å²) >= 11 is 1.14. The number of benzene rings is 1. The fraction of sp³-hybridized carbons (Fsp3) is 0.217. The van der Waals surface area contributed by atoms with Crippen molar-refractivity contribution in [2.75, 3.05) is 11.1 Å².